The first kappa shape index (κ1) is 15.6. The molecule has 1 saturated heterocycles. The molecule has 1 aliphatic carbocycles. The maximum atomic E-state index is 12.6. The summed E-state index contributed by atoms with van der Waals surface area (Å²) < 4.78 is 0. The van der Waals surface area contributed by atoms with Gasteiger partial charge < -0.3 is 10.2 Å². The molecule has 1 aliphatic heterocycles. The average molecular weight is 315 g/mol. The third-order valence-electron chi connectivity index (χ3n) is 3.95. The van der Waals surface area contributed by atoms with Crippen molar-refractivity contribution in [1.82, 2.24) is 10.2 Å². The molecule has 0 radical (unpaired) electrons. The SMILES string of the molecule is Cl.O=C(C1CCNC1)N(Cc1ccc(Cl)cc1)C1CC1. The second kappa shape index (κ2) is 6.79. The molecule has 1 unspecified atom stereocenters. The smallest absolute Gasteiger partial charge is 0.227 e. The zero-order valence-corrected chi connectivity index (χ0v) is 12.9. The van der Waals surface area contributed by atoms with Crippen LogP contribution >= 0.6 is 24.0 Å². The zero-order valence-electron chi connectivity index (χ0n) is 11.3. The first-order valence-corrected chi connectivity index (χ1v) is 7.37. The van der Waals surface area contributed by atoms with Gasteiger partial charge in [-0.15, -0.1) is 12.4 Å². The third-order valence-corrected chi connectivity index (χ3v) is 4.20. The van der Waals surface area contributed by atoms with Crippen LogP contribution in [-0.4, -0.2) is 29.9 Å². The number of hydrogen-bond acceptors (Lipinski definition) is 2. The van der Waals surface area contributed by atoms with Crippen LogP contribution in [0.15, 0.2) is 24.3 Å². The number of carbonyl (C=O) groups excluding carboxylic acids is 1. The lowest BCUT2D eigenvalue weighted by Crippen LogP contribution is -2.38. The molecule has 3 nitrogen and oxygen atoms in total. The Kier molecular flexibility index (Phi) is 5.30. The monoisotopic (exact) mass is 314 g/mol. The molecule has 1 heterocycles. The summed E-state index contributed by atoms with van der Waals surface area (Å²) in [4.78, 5) is 14.6. The summed E-state index contributed by atoms with van der Waals surface area (Å²) in [5, 5.41) is 4.02. The molecule has 2 fully saturated rings. The first-order chi connectivity index (χ1) is 9.24. The van der Waals surface area contributed by atoms with Gasteiger partial charge in [0, 0.05) is 24.2 Å². The summed E-state index contributed by atoms with van der Waals surface area (Å²) >= 11 is 5.90. The number of nitrogens with zero attached hydrogens (tertiary/aromatic N) is 1. The van der Waals surface area contributed by atoms with Gasteiger partial charge in [-0.05, 0) is 43.5 Å². The van der Waals surface area contributed by atoms with Gasteiger partial charge in [0.1, 0.15) is 0 Å². The lowest BCUT2D eigenvalue weighted by atomic mass is 10.1. The van der Waals surface area contributed by atoms with E-state index in [-0.39, 0.29) is 18.3 Å². The van der Waals surface area contributed by atoms with Gasteiger partial charge in [-0.2, -0.15) is 0 Å². The van der Waals surface area contributed by atoms with Crippen molar-refractivity contribution in [3.05, 3.63) is 34.9 Å². The molecule has 110 valence electrons. The number of benzene rings is 1. The summed E-state index contributed by atoms with van der Waals surface area (Å²) in [5.41, 5.74) is 1.16. The second-order valence-electron chi connectivity index (χ2n) is 5.51. The maximum absolute atomic E-state index is 12.6. The largest absolute Gasteiger partial charge is 0.335 e. The highest BCUT2D eigenvalue weighted by molar-refractivity contribution is 6.30. The highest BCUT2D eigenvalue weighted by Crippen LogP contribution is 2.30. The fourth-order valence-electron chi connectivity index (χ4n) is 2.66. The quantitative estimate of drug-likeness (QED) is 0.927. The first-order valence-electron chi connectivity index (χ1n) is 6.99. The summed E-state index contributed by atoms with van der Waals surface area (Å²) in [6.45, 7) is 2.52. The van der Waals surface area contributed by atoms with Crippen LogP contribution in [0.25, 0.3) is 0 Å². The van der Waals surface area contributed by atoms with Crippen LogP contribution in [0.2, 0.25) is 5.02 Å². The number of amides is 1. The summed E-state index contributed by atoms with van der Waals surface area (Å²) in [7, 11) is 0. The van der Waals surface area contributed by atoms with E-state index in [4.69, 9.17) is 11.6 Å². The highest BCUT2D eigenvalue weighted by atomic mass is 35.5. The van der Waals surface area contributed by atoms with Crippen molar-refractivity contribution in [2.75, 3.05) is 13.1 Å². The normalized spacial score (nSPS) is 21.4. The molecule has 1 aromatic carbocycles. The Balaban J connectivity index is 0.00000147. The van der Waals surface area contributed by atoms with Gasteiger partial charge in [-0.1, -0.05) is 23.7 Å². The van der Waals surface area contributed by atoms with E-state index in [0.717, 1.165) is 49.5 Å². The Bertz CT molecular complexity index is 453. The van der Waals surface area contributed by atoms with Crippen molar-refractivity contribution in [3.8, 4) is 0 Å². The Morgan fingerprint density at radius 1 is 1.25 bits per heavy atom. The minimum Gasteiger partial charge on any atom is -0.335 e. The molecule has 1 aromatic rings. The van der Waals surface area contributed by atoms with E-state index in [1.54, 1.807) is 0 Å². The second-order valence-corrected chi connectivity index (χ2v) is 5.95. The predicted octanol–water partition coefficient (Wildman–Crippen LogP) is 2.86. The Hall–Kier alpha value is -0.770. The lowest BCUT2D eigenvalue weighted by molar-refractivity contribution is -0.136. The Morgan fingerprint density at radius 3 is 2.50 bits per heavy atom. The summed E-state index contributed by atoms with van der Waals surface area (Å²) in [5.74, 6) is 0.496. The fourth-order valence-corrected chi connectivity index (χ4v) is 2.79. The van der Waals surface area contributed by atoms with Gasteiger partial charge >= 0.3 is 0 Å². The van der Waals surface area contributed by atoms with Crippen molar-refractivity contribution < 1.29 is 4.79 Å². The minimum absolute atomic E-state index is 0. The van der Waals surface area contributed by atoms with E-state index in [9.17, 15) is 4.79 Å². The third kappa shape index (κ3) is 3.66. The van der Waals surface area contributed by atoms with Gasteiger partial charge in [0.2, 0.25) is 5.91 Å². The van der Waals surface area contributed by atoms with Crippen molar-refractivity contribution in [2.45, 2.75) is 31.8 Å². The molecule has 20 heavy (non-hydrogen) atoms. The Morgan fingerprint density at radius 2 is 1.95 bits per heavy atom. The average Bonchev–Trinajstić information content (AvgIpc) is 3.11. The van der Waals surface area contributed by atoms with Gasteiger partial charge in [0.15, 0.2) is 0 Å². The van der Waals surface area contributed by atoms with Crippen LogP contribution in [0.4, 0.5) is 0 Å². The van der Waals surface area contributed by atoms with Gasteiger partial charge in [0.25, 0.3) is 0 Å². The van der Waals surface area contributed by atoms with E-state index in [0.29, 0.717) is 11.9 Å². The van der Waals surface area contributed by atoms with Crippen LogP contribution in [0.3, 0.4) is 0 Å². The number of halogens is 2. The maximum Gasteiger partial charge on any atom is 0.227 e. The number of rotatable bonds is 4. The molecule has 2 aliphatic rings. The van der Waals surface area contributed by atoms with Crippen LogP contribution in [0.5, 0.6) is 0 Å². The van der Waals surface area contributed by atoms with Gasteiger partial charge in [-0.25, -0.2) is 0 Å². The molecule has 0 aromatic heterocycles. The van der Waals surface area contributed by atoms with E-state index in [2.05, 4.69) is 10.2 Å². The number of nitrogens with one attached hydrogen (secondary N) is 1. The fraction of sp³-hybridized carbons (Fsp3) is 0.533. The molecule has 5 heteroatoms. The topological polar surface area (TPSA) is 32.3 Å². The molecular formula is C15H20Cl2N2O. The molecule has 1 amide bonds. The molecule has 1 saturated carbocycles. The van der Waals surface area contributed by atoms with E-state index >= 15 is 0 Å². The van der Waals surface area contributed by atoms with Crippen molar-refractivity contribution in [2.24, 2.45) is 5.92 Å². The van der Waals surface area contributed by atoms with Gasteiger partial charge in [-0.3, -0.25) is 4.79 Å². The minimum atomic E-state index is 0. The predicted molar refractivity (Wildman–Crippen MR) is 83.2 cm³/mol. The van der Waals surface area contributed by atoms with Crippen LogP contribution in [0.1, 0.15) is 24.8 Å². The summed E-state index contributed by atoms with van der Waals surface area (Å²) in [6.07, 6.45) is 3.28. The highest BCUT2D eigenvalue weighted by Gasteiger charge is 2.36. The number of carbonyl (C=O) groups is 1. The molecule has 3 rings (SSSR count). The van der Waals surface area contributed by atoms with Crippen molar-refractivity contribution >= 4 is 29.9 Å². The molecule has 0 bridgehead atoms. The standard InChI is InChI=1S/C15H19ClN2O.ClH/c16-13-3-1-11(2-4-13)10-18(14-5-6-14)15(19)12-7-8-17-9-12;/h1-4,12,14,17H,5-10H2;1H. The van der Waals surface area contributed by atoms with Gasteiger partial charge in [0.05, 0.1) is 5.92 Å². The van der Waals surface area contributed by atoms with E-state index < -0.39 is 0 Å². The van der Waals surface area contributed by atoms with Crippen molar-refractivity contribution in [3.63, 3.8) is 0 Å². The van der Waals surface area contributed by atoms with Crippen LogP contribution < -0.4 is 5.32 Å². The zero-order chi connectivity index (χ0) is 13.2. The van der Waals surface area contributed by atoms with Crippen LogP contribution in [-0.2, 0) is 11.3 Å². The number of hydrogen-bond donors (Lipinski definition) is 1. The molecule has 0 spiro atoms. The van der Waals surface area contributed by atoms with E-state index in [1.807, 2.05) is 24.3 Å². The van der Waals surface area contributed by atoms with E-state index in [1.165, 1.54) is 0 Å². The molecular weight excluding hydrogens is 295 g/mol. The lowest BCUT2D eigenvalue weighted by Gasteiger charge is -2.25. The molecule has 1 atom stereocenters. The summed E-state index contributed by atoms with van der Waals surface area (Å²) in [6, 6.07) is 8.27. The molecule has 1 N–H and O–H groups in total. The van der Waals surface area contributed by atoms with Crippen LogP contribution in [0, 0.1) is 5.92 Å². The Labute approximate surface area is 131 Å². The van der Waals surface area contributed by atoms with Crippen molar-refractivity contribution in [1.29, 1.82) is 0 Å².